The largest absolute Gasteiger partial charge is 0.297 e. The molecule has 0 radical (unpaired) electrons. The van der Waals surface area contributed by atoms with E-state index in [1.165, 1.54) is 0 Å². The normalized spacial score (nSPS) is 11.8. The van der Waals surface area contributed by atoms with E-state index in [0.717, 1.165) is 22.0 Å². The van der Waals surface area contributed by atoms with Crippen molar-refractivity contribution in [2.45, 2.75) is 32.0 Å². The minimum atomic E-state index is -3.89. The number of nitrogens with zero attached hydrogens (tertiary/aromatic N) is 3. The lowest BCUT2D eigenvalue weighted by Gasteiger charge is -2.10. The number of benzene rings is 1. The fraction of sp³-hybridized carbons (Fsp3) is 0.333. The van der Waals surface area contributed by atoms with Crippen LogP contribution in [0.5, 0.6) is 0 Å². The van der Waals surface area contributed by atoms with Crippen LogP contribution in [0.2, 0.25) is 0 Å². The average molecular weight is 359 g/mol. The molecule has 0 saturated heterocycles. The Hall–Kier alpha value is -1.25. The zero-order valence-corrected chi connectivity index (χ0v) is 13.6. The molecule has 20 heavy (non-hydrogen) atoms. The lowest BCUT2D eigenvalue weighted by Crippen LogP contribution is -2.19. The molecule has 2 rings (SSSR count). The predicted octanol–water partition coefficient (Wildman–Crippen LogP) is 2.07. The summed E-state index contributed by atoms with van der Waals surface area (Å²) in [5, 5.41) is 12.7. The third kappa shape index (κ3) is 2.92. The van der Waals surface area contributed by atoms with Crippen molar-refractivity contribution in [1.29, 1.82) is 0 Å². The summed E-state index contributed by atoms with van der Waals surface area (Å²) < 4.78 is 25.6. The molecular formula is C12H15BrN4O2S. The fourth-order valence-corrected chi connectivity index (χ4v) is 2.96. The SMILES string of the molecule is CCCn1c(-c2cc(Br)ccc2C)nnc1S(N)(=O)=O. The van der Waals surface area contributed by atoms with E-state index in [9.17, 15) is 8.42 Å². The van der Waals surface area contributed by atoms with Crippen molar-refractivity contribution < 1.29 is 8.42 Å². The van der Waals surface area contributed by atoms with Crippen molar-refractivity contribution in [1.82, 2.24) is 14.8 Å². The molecule has 2 N–H and O–H groups in total. The number of primary sulfonamides is 1. The molecule has 1 heterocycles. The first-order chi connectivity index (χ1) is 9.34. The summed E-state index contributed by atoms with van der Waals surface area (Å²) in [6.45, 7) is 4.37. The van der Waals surface area contributed by atoms with Gasteiger partial charge in [0.05, 0.1) is 0 Å². The van der Waals surface area contributed by atoms with E-state index < -0.39 is 10.0 Å². The third-order valence-corrected chi connectivity index (χ3v) is 4.16. The molecule has 108 valence electrons. The predicted molar refractivity (Wildman–Crippen MR) is 79.6 cm³/mol. The van der Waals surface area contributed by atoms with Gasteiger partial charge in [0.15, 0.2) is 5.82 Å². The van der Waals surface area contributed by atoms with Gasteiger partial charge in [-0.3, -0.25) is 4.57 Å². The minimum absolute atomic E-state index is 0.200. The van der Waals surface area contributed by atoms with Gasteiger partial charge < -0.3 is 0 Å². The molecule has 0 atom stereocenters. The number of halogens is 1. The number of sulfonamides is 1. The number of rotatable bonds is 4. The van der Waals surface area contributed by atoms with Gasteiger partial charge in [-0.1, -0.05) is 28.9 Å². The van der Waals surface area contributed by atoms with Gasteiger partial charge in [0, 0.05) is 16.6 Å². The van der Waals surface area contributed by atoms with Crippen molar-refractivity contribution in [3.05, 3.63) is 28.2 Å². The molecule has 0 fully saturated rings. The summed E-state index contributed by atoms with van der Waals surface area (Å²) in [5.74, 6) is 0.509. The van der Waals surface area contributed by atoms with Crippen molar-refractivity contribution in [2.24, 2.45) is 5.14 Å². The minimum Gasteiger partial charge on any atom is -0.297 e. The topological polar surface area (TPSA) is 90.9 Å². The van der Waals surface area contributed by atoms with Crippen molar-refractivity contribution in [2.75, 3.05) is 0 Å². The van der Waals surface area contributed by atoms with Gasteiger partial charge in [-0.25, -0.2) is 13.6 Å². The first-order valence-corrected chi connectivity index (χ1v) is 8.41. The molecule has 0 aliphatic rings. The van der Waals surface area contributed by atoms with Crippen LogP contribution in [-0.2, 0) is 16.6 Å². The number of aromatic nitrogens is 3. The second-order valence-corrected chi connectivity index (χ2v) is 6.83. The van der Waals surface area contributed by atoms with E-state index in [4.69, 9.17) is 5.14 Å². The van der Waals surface area contributed by atoms with Crippen molar-refractivity contribution in [3.63, 3.8) is 0 Å². The van der Waals surface area contributed by atoms with Crippen LogP contribution in [0.15, 0.2) is 27.8 Å². The second kappa shape index (κ2) is 5.63. The summed E-state index contributed by atoms with van der Waals surface area (Å²) in [4.78, 5) is 0. The van der Waals surface area contributed by atoms with E-state index in [0.29, 0.717) is 12.4 Å². The van der Waals surface area contributed by atoms with Crippen LogP contribution in [0.3, 0.4) is 0 Å². The van der Waals surface area contributed by atoms with E-state index >= 15 is 0 Å². The lowest BCUT2D eigenvalue weighted by atomic mass is 10.1. The molecule has 0 aliphatic heterocycles. The Labute approximate surface area is 126 Å². The van der Waals surface area contributed by atoms with E-state index in [2.05, 4.69) is 26.1 Å². The molecule has 0 aliphatic carbocycles. The standard InChI is InChI=1S/C12H15BrN4O2S/c1-3-6-17-11(15-16-12(17)20(14,18)19)10-7-9(13)5-4-8(10)2/h4-5,7H,3,6H2,1-2H3,(H2,14,18,19). The molecule has 0 spiro atoms. The zero-order chi connectivity index (χ0) is 14.9. The third-order valence-electron chi connectivity index (χ3n) is 2.86. The molecular weight excluding hydrogens is 344 g/mol. The molecule has 0 unspecified atom stereocenters. The van der Waals surface area contributed by atoms with Gasteiger partial charge in [-0.15, -0.1) is 10.2 Å². The lowest BCUT2D eigenvalue weighted by molar-refractivity contribution is 0.559. The van der Waals surface area contributed by atoms with E-state index in [1.54, 1.807) is 4.57 Å². The molecule has 8 heteroatoms. The molecule has 1 aromatic heterocycles. The van der Waals surface area contributed by atoms with E-state index in [1.807, 2.05) is 32.0 Å². The van der Waals surface area contributed by atoms with Gasteiger partial charge in [0.1, 0.15) is 0 Å². The van der Waals surface area contributed by atoms with Gasteiger partial charge in [-0.05, 0) is 31.0 Å². The number of nitrogens with two attached hydrogens (primary N) is 1. The Balaban J connectivity index is 2.69. The van der Waals surface area contributed by atoms with Crippen LogP contribution in [-0.4, -0.2) is 23.2 Å². The highest BCUT2D eigenvalue weighted by Crippen LogP contribution is 2.27. The maximum absolute atomic E-state index is 11.6. The van der Waals surface area contributed by atoms with Crippen LogP contribution in [0.4, 0.5) is 0 Å². The zero-order valence-electron chi connectivity index (χ0n) is 11.2. The summed E-state index contributed by atoms with van der Waals surface area (Å²) in [5.41, 5.74) is 1.81. The fourth-order valence-electron chi connectivity index (χ4n) is 1.96. The molecule has 0 amide bonds. The maximum Gasteiger partial charge on any atom is 0.273 e. The van der Waals surface area contributed by atoms with Crippen molar-refractivity contribution in [3.8, 4) is 11.4 Å². The van der Waals surface area contributed by atoms with Crippen LogP contribution >= 0.6 is 15.9 Å². The molecule has 1 aromatic carbocycles. The highest BCUT2D eigenvalue weighted by atomic mass is 79.9. The Bertz CT molecular complexity index is 740. The number of hydrogen-bond donors (Lipinski definition) is 1. The Morgan fingerprint density at radius 2 is 2.05 bits per heavy atom. The quantitative estimate of drug-likeness (QED) is 0.905. The van der Waals surface area contributed by atoms with Gasteiger partial charge in [0.2, 0.25) is 0 Å². The number of hydrogen-bond acceptors (Lipinski definition) is 4. The highest BCUT2D eigenvalue weighted by Gasteiger charge is 2.22. The van der Waals surface area contributed by atoms with Crippen LogP contribution in [0.1, 0.15) is 18.9 Å². The average Bonchev–Trinajstić information content (AvgIpc) is 2.76. The van der Waals surface area contributed by atoms with Crippen LogP contribution < -0.4 is 5.14 Å². The van der Waals surface area contributed by atoms with Crippen molar-refractivity contribution >= 4 is 26.0 Å². The molecule has 0 saturated carbocycles. The Morgan fingerprint density at radius 1 is 1.35 bits per heavy atom. The Morgan fingerprint density at radius 3 is 2.65 bits per heavy atom. The summed E-state index contributed by atoms with van der Waals surface area (Å²) in [6.07, 6.45) is 0.751. The highest BCUT2D eigenvalue weighted by molar-refractivity contribution is 9.10. The Kier molecular flexibility index (Phi) is 4.26. The molecule has 6 nitrogen and oxygen atoms in total. The second-order valence-electron chi connectivity index (χ2n) is 4.46. The molecule has 0 bridgehead atoms. The van der Waals surface area contributed by atoms with Crippen LogP contribution in [0.25, 0.3) is 11.4 Å². The van der Waals surface area contributed by atoms with Gasteiger partial charge >= 0.3 is 0 Å². The first-order valence-electron chi connectivity index (χ1n) is 6.07. The van der Waals surface area contributed by atoms with Gasteiger partial charge in [0.25, 0.3) is 15.2 Å². The summed E-state index contributed by atoms with van der Waals surface area (Å²) in [7, 11) is -3.89. The van der Waals surface area contributed by atoms with E-state index in [-0.39, 0.29) is 5.16 Å². The maximum atomic E-state index is 11.6. The van der Waals surface area contributed by atoms with Gasteiger partial charge in [-0.2, -0.15) is 0 Å². The molecule has 2 aromatic rings. The van der Waals surface area contributed by atoms with Crippen LogP contribution in [0, 0.1) is 6.92 Å². The smallest absolute Gasteiger partial charge is 0.273 e. The number of aryl methyl sites for hydroxylation is 1. The first kappa shape index (κ1) is 15.1. The summed E-state index contributed by atoms with van der Waals surface area (Å²) >= 11 is 3.40. The monoisotopic (exact) mass is 358 g/mol. The summed E-state index contributed by atoms with van der Waals surface area (Å²) in [6, 6.07) is 5.74.